The summed E-state index contributed by atoms with van der Waals surface area (Å²) in [7, 11) is 1.65. The minimum absolute atomic E-state index is 0.147. The molecule has 0 aliphatic heterocycles. The third-order valence-electron chi connectivity index (χ3n) is 3.28. The lowest BCUT2D eigenvalue weighted by atomic mass is 10.1. The number of hydrogen-bond acceptors (Lipinski definition) is 3. The largest absolute Gasteiger partial charge is 0.497 e. The Labute approximate surface area is 120 Å². The van der Waals surface area contributed by atoms with E-state index in [2.05, 4.69) is 19.1 Å². The van der Waals surface area contributed by atoms with Crippen molar-refractivity contribution in [1.82, 2.24) is 0 Å². The summed E-state index contributed by atoms with van der Waals surface area (Å²) in [5.74, 6) is 1.70. The van der Waals surface area contributed by atoms with Gasteiger partial charge in [-0.1, -0.05) is 31.2 Å². The van der Waals surface area contributed by atoms with Gasteiger partial charge in [0.2, 0.25) is 0 Å². The highest BCUT2D eigenvalue weighted by molar-refractivity contribution is 5.30. The molecule has 2 N–H and O–H groups in total. The molecule has 0 aromatic heterocycles. The molecule has 3 nitrogen and oxygen atoms in total. The lowest BCUT2D eigenvalue weighted by Gasteiger charge is -2.14. The van der Waals surface area contributed by atoms with Gasteiger partial charge in [-0.25, -0.2) is 0 Å². The van der Waals surface area contributed by atoms with Crippen LogP contribution >= 0.6 is 0 Å². The molecule has 0 fully saturated rings. The van der Waals surface area contributed by atoms with Crippen molar-refractivity contribution in [3.8, 4) is 11.5 Å². The standard InChI is InChI=1S/C17H21NO2/c1-3-13-5-4-6-16(11-13)20-12-17(18)14-7-9-15(19-2)10-8-14/h4-11,17H,3,12,18H2,1-2H3. The minimum atomic E-state index is -0.147. The molecule has 0 heterocycles. The summed E-state index contributed by atoms with van der Waals surface area (Å²) < 4.78 is 10.9. The van der Waals surface area contributed by atoms with Crippen LogP contribution in [0.25, 0.3) is 0 Å². The fraction of sp³-hybridized carbons (Fsp3) is 0.294. The number of benzene rings is 2. The Morgan fingerprint density at radius 3 is 2.45 bits per heavy atom. The predicted octanol–water partition coefficient (Wildman–Crippen LogP) is 3.34. The van der Waals surface area contributed by atoms with Gasteiger partial charge in [-0.2, -0.15) is 0 Å². The van der Waals surface area contributed by atoms with Gasteiger partial charge in [-0.05, 0) is 41.8 Å². The van der Waals surface area contributed by atoms with Gasteiger partial charge < -0.3 is 15.2 Å². The average molecular weight is 271 g/mol. The maximum Gasteiger partial charge on any atom is 0.119 e. The van der Waals surface area contributed by atoms with Crippen molar-refractivity contribution in [3.63, 3.8) is 0 Å². The molecule has 0 amide bonds. The molecule has 0 aliphatic rings. The fourth-order valence-corrected chi connectivity index (χ4v) is 1.99. The van der Waals surface area contributed by atoms with Gasteiger partial charge in [0.05, 0.1) is 13.2 Å². The van der Waals surface area contributed by atoms with Crippen molar-refractivity contribution in [2.24, 2.45) is 5.73 Å². The van der Waals surface area contributed by atoms with Gasteiger partial charge in [0.25, 0.3) is 0 Å². The van der Waals surface area contributed by atoms with Crippen molar-refractivity contribution >= 4 is 0 Å². The maximum absolute atomic E-state index is 6.14. The number of nitrogens with two attached hydrogens (primary N) is 1. The molecule has 3 heteroatoms. The van der Waals surface area contributed by atoms with Crippen LogP contribution in [-0.2, 0) is 6.42 Å². The molecule has 0 radical (unpaired) electrons. The average Bonchev–Trinajstić information content (AvgIpc) is 2.53. The first-order valence-corrected chi connectivity index (χ1v) is 6.84. The molecule has 0 spiro atoms. The summed E-state index contributed by atoms with van der Waals surface area (Å²) in [5.41, 5.74) is 8.44. The van der Waals surface area contributed by atoms with E-state index in [9.17, 15) is 0 Å². The van der Waals surface area contributed by atoms with Gasteiger partial charge in [-0.15, -0.1) is 0 Å². The van der Waals surface area contributed by atoms with E-state index < -0.39 is 0 Å². The Kier molecular flexibility index (Phi) is 5.02. The van der Waals surface area contributed by atoms with Crippen molar-refractivity contribution in [2.75, 3.05) is 13.7 Å². The molecule has 0 saturated carbocycles. The number of methoxy groups -OCH3 is 1. The molecule has 2 aromatic carbocycles. The Balaban J connectivity index is 1.95. The normalized spacial score (nSPS) is 11.9. The van der Waals surface area contributed by atoms with E-state index in [4.69, 9.17) is 15.2 Å². The van der Waals surface area contributed by atoms with Gasteiger partial charge in [0, 0.05) is 0 Å². The first-order valence-electron chi connectivity index (χ1n) is 6.84. The topological polar surface area (TPSA) is 44.5 Å². The SMILES string of the molecule is CCc1cccc(OCC(N)c2ccc(OC)cc2)c1. The minimum Gasteiger partial charge on any atom is -0.497 e. The zero-order valence-corrected chi connectivity index (χ0v) is 12.0. The van der Waals surface area contributed by atoms with Crippen LogP contribution in [0.5, 0.6) is 11.5 Å². The summed E-state index contributed by atoms with van der Waals surface area (Å²) in [6.45, 7) is 2.59. The highest BCUT2D eigenvalue weighted by Gasteiger charge is 2.07. The molecular weight excluding hydrogens is 250 g/mol. The summed E-state index contributed by atoms with van der Waals surface area (Å²) in [4.78, 5) is 0. The number of hydrogen-bond donors (Lipinski definition) is 1. The Bertz CT molecular complexity index is 537. The Morgan fingerprint density at radius 1 is 1.05 bits per heavy atom. The van der Waals surface area contributed by atoms with E-state index in [1.54, 1.807) is 7.11 Å². The van der Waals surface area contributed by atoms with E-state index >= 15 is 0 Å². The van der Waals surface area contributed by atoms with Crippen molar-refractivity contribution in [1.29, 1.82) is 0 Å². The van der Waals surface area contributed by atoms with Gasteiger partial charge in [0.15, 0.2) is 0 Å². The zero-order valence-electron chi connectivity index (χ0n) is 12.0. The molecule has 20 heavy (non-hydrogen) atoms. The van der Waals surface area contributed by atoms with Crippen LogP contribution in [0, 0.1) is 0 Å². The molecule has 1 unspecified atom stereocenters. The van der Waals surface area contributed by atoms with Crippen molar-refractivity contribution < 1.29 is 9.47 Å². The Morgan fingerprint density at radius 2 is 1.80 bits per heavy atom. The Hall–Kier alpha value is -2.00. The molecular formula is C17H21NO2. The molecule has 0 saturated heterocycles. The maximum atomic E-state index is 6.14. The fourth-order valence-electron chi connectivity index (χ4n) is 1.99. The summed E-state index contributed by atoms with van der Waals surface area (Å²) in [5, 5.41) is 0. The molecule has 1 atom stereocenters. The summed E-state index contributed by atoms with van der Waals surface area (Å²) in [6, 6.07) is 15.7. The van der Waals surface area contributed by atoms with E-state index in [-0.39, 0.29) is 6.04 Å². The highest BCUT2D eigenvalue weighted by Crippen LogP contribution is 2.19. The van der Waals surface area contributed by atoms with Crippen LogP contribution in [0.2, 0.25) is 0 Å². The summed E-state index contributed by atoms with van der Waals surface area (Å²) >= 11 is 0. The first-order chi connectivity index (χ1) is 9.72. The third-order valence-corrected chi connectivity index (χ3v) is 3.28. The molecule has 0 aliphatic carbocycles. The first kappa shape index (κ1) is 14.4. The lowest BCUT2D eigenvalue weighted by molar-refractivity contribution is 0.290. The molecule has 106 valence electrons. The van der Waals surface area contributed by atoms with Crippen molar-refractivity contribution in [3.05, 3.63) is 59.7 Å². The van der Waals surface area contributed by atoms with Crippen molar-refractivity contribution in [2.45, 2.75) is 19.4 Å². The van der Waals surface area contributed by atoms with Gasteiger partial charge in [0.1, 0.15) is 18.1 Å². The van der Waals surface area contributed by atoms with Gasteiger partial charge in [-0.3, -0.25) is 0 Å². The van der Waals surface area contributed by atoms with Crippen LogP contribution in [-0.4, -0.2) is 13.7 Å². The summed E-state index contributed by atoms with van der Waals surface area (Å²) in [6.07, 6.45) is 1.00. The van der Waals surface area contributed by atoms with E-state index in [1.165, 1.54) is 5.56 Å². The van der Waals surface area contributed by atoms with E-state index in [0.717, 1.165) is 23.5 Å². The van der Waals surface area contributed by atoms with Crippen LogP contribution < -0.4 is 15.2 Å². The van der Waals surface area contributed by atoms with Crippen LogP contribution in [0.3, 0.4) is 0 Å². The van der Waals surface area contributed by atoms with Gasteiger partial charge >= 0.3 is 0 Å². The quantitative estimate of drug-likeness (QED) is 0.876. The lowest BCUT2D eigenvalue weighted by Crippen LogP contribution is -2.18. The predicted molar refractivity (Wildman–Crippen MR) is 81.2 cm³/mol. The number of ether oxygens (including phenoxy) is 2. The second-order valence-corrected chi connectivity index (χ2v) is 4.69. The molecule has 0 bridgehead atoms. The smallest absolute Gasteiger partial charge is 0.119 e. The molecule has 2 rings (SSSR count). The van der Waals surface area contributed by atoms with Crippen LogP contribution in [0.1, 0.15) is 24.1 Å². The third kappa shape index (κ3) is 3.75. The van der Waals surface area contributed by atoms with Crippen LogP contribution in [0.4, 0.5) is 0 Å². The number of aryl methyl sites for hydroxylation is 1. The zero-order chi connectivity index (χ0) is 14.4. The van der Waals surface area contributed by atoms with E-state index in [1.807, 2.05) is 36.4 Å². The number of rotatable bonds is 6. The van der Waals surface area contributed by atoms with Crippen LogP contribution in [0.15, 0.2) is 48.5 Å². The highest BCUT2D eigenvalue weighted by atomic mass is 16.5. The molecule has 2 aromatic rings. The van der Waals surface area contributed by atoms with E-state index in [0.29, 0.717) is 6.61 Å². The second-order valence-electron chi connectivity index (χ2n) is 4.69. The second kappa shape index (κ2) is 6.96. The monoisotopic (exact) mass is 271 g/mol.